The van der Waals surface area contributed by atoms with Crippen molar-refractivity contribution in [3.05, 3.63) is 36.5 Å². The highest BCUT2D eigenvalue weighted by atomic mass is 16.7. The molecular formula is C56H103NO13. The van der Waals surface area contributed by atoms with E-state index in [1.165, 1.54) is 141 Å². The summed E-state index contributed by atoms with van der Waals surface area (Å²) in [7, 11) is 0. The summed E-state index contributed by atoms with van der Waals surface area (Å²) in [5.74, 6) is -0.244. The summed E-state index contributed by atoms with van der Waals surface area (Å²) in [6.07, 6.45) is 33.1. The van der Waals surface area contributed by atoms with Gasteiger partial charge in [0, 0.05) is 6.42 Å². The maximum Gasteiger partial charge on any atom is 0.220 e. The van der Waals surface area contributed by atoms with Gasteiger partial charge in [0.1, 0.15) is 48.8 Å². The lowest BCUT2D eigenvalue weighted by Gasteiger charge is -2.46. The third-order valence-electron chi connectivity index (χ3n) is 13.8. The van der Waals surface area contributed by atoms with Crippen molar-refractivity contribution in [1.29, 1.82) is 0 Å². The number of hydrogen-bond donors (Lipinski definition) is 9. The Labute approximate surface area is 423 Å². The van der Waals surface area contributed by atoms with Gasteiger partial charge < -0.3 is 65.1 Å². The molecule has 1 amide bonds. The fourth-order valence-corrected chi connectivity index (χ4v) is 9.20. The minimum absolute atomic E-state index is 0.244. The lowest BCUT2D eigenvalue weighted by Crippen LogP contribution is -2.65. The molecule has 0 aromatic rings. The lowest BCUT2D eigenvalue weighted by molar-refractivity contribution is -0.359. The molecule has 410 valence electrons. The Hall–Kier alpha value is -1.79. The van der Waals surface area contributed by atoms with Gasteiger partial charge in [-0.15, -0.1) is 0 Å². The van der Waals surface area contributed by atoms with Crippen molar-refractivity contribution in [1.82, 2.24) is 5.32 Å². The molecule has 0 spiro atoms. The molecule has 14 nitrogen and oxygen atoms in total. The number of ether oxygens (including phenoxy) is 4. The first-order chi connectivity index (χ1) is 34.1. The number of aliphatic hydroxyl groups is 8. The van der Waals surface area contributed by atoms with Gasteiger partial charge in [-0.05, 0) is 51.4 Å². The van der Waals surface area contributed by atoms with Crippen LogP contribution in [0, 0.1) is 0 Å². The van der Waals surface area contributed by atoms with Crippen LogP contribution in [-0.2, 0) is 23.7 Å². The van der Waals surface area contributed by atoms with E-state index in [2.05, 4.69) is 43.5 Å². The second kappa shape index (κ2) is 42.6. The Kier molecular flexibility index (Phi) is 39.1. The minimum Gasteiger partial charge on any atom is -0.394 e. The first kappa shape index (κ1) is 64.3. The van der Waals surface area contributed by atoms with Crippen LogP contribution >= 0.6 is 0 Å². The number of carbonyl (C=O) groups excluding carboxylic acids is 1. The van der Waals surface area contributed by atoms with E-state index < -0.39 is 86.8 Å². The Bertz CT molecular complexity index is 1320. The van der Waals surface area contributed by atoms with Crippen LogP contribution in [0.1, 0.15) is 219 Å². The van der Waals surface area contributed by atoms with E-state index in [0.717, 1.165) is 51.4 Å². The fourth-order valence-electron chi connectivity index (χ4n) is 9.20. The number of unbranched alkanes of at least 4 members (excludes halogenated alkanes) is 27. The van der Waals surface area contributed by atoms with Crippen molar-refractivity contribution in [3.8, 4) is 0 Å². The van der Waals surface area contributed by atoms with Crippen LogP contribution in [0.25, 0.3) is 0 Å². The molecular weight excluding hydrogens is 895 g/mol. The van der Waals surface area contributed by atoms with Crippen LogP contribution in [0.4, 0.5) is 0 Å². The molecule has 12 unspecified atom stereocenters. The summed E-state index contributed by atoms with van der Waals surface area (Å²) in [4.78, 5) is 13.2. The predicted octanol–water partition coefficient (Wildman–Crippen LogP) is 8.66. The average Bonchev–Trinajstić information content (AvgIpc) is 3.36. The summed E-state index contributed by atoms with van der Waals surface area (Å²) in [5, 5.41) is 87.0. The molecule has 2 aliphatic rings. The molecule has 0 aromatic carbocycles. The molecule has 2 aliphatic heterocycles. The van der Waals surface area contributed by atoms with Crippen LogP contribution in [0.2, 0.25) is 0 Å². The number of hydrogen-bond acceptors (Lipinski definition) is 13. The van der Waals surface area contributed by atoms with E-state index in [4.69, 9.17) is 18.9 Å². The van der Waals surface area contributed by atoms with Gasteiger partial charge in [0.05, 0.1) is 32.0 Å². The summed E-state index contributed by atoms with van der Waals surface area (Å²) >= 11 is 0. The van der Waals surface area contributed by atoms with Crippen LogP contribution < -0.4 is 5.32 Å². The summed E-state index contributed by atoms with van der Waals surface area (Å²) in [6.45, 7) is 2.77. The zero-order valence-electron chi connectivity index (χ0n) is 43.8. The van der Waals surface area contributed by atoms with Crippen molar-refractivity contribution in [2.75, 3.05) is 19.8 Å². The van der Waals surface area contributed by atoms with Crippen LogP contribution in [-0.4, -0.2) is 140 Å². The van der Waals surface area contributed by atoms with E-state index in [9.17, 15) is 45.6 Å². The smallest absolute Gasteiger partial charge is 0.220 e. The van der Waals surface area contributed by atoms with Gasteiger partial charge in [-0.25, -0.2) is 0 Å². The van der Waals surface area contributed by atoms with Crippen LogP contribution in [0.5, 0.6) is 0 Å². The molecule has 0 aliphatic carbocycles. The molecule has 70 heavy (non-hydrogen) atoms. The standard InChI is InChI=1S/C56H103NO13/c1-3-5-7-9-11-13-15-17-19-21-22-24-26-28-30-32-34-36-38-40-48(61)57-44(45(60)39-37-35-33-31-29-27-25-23-20-18-16-14-12-10-8-6-4-2)43-67-55-53(66)51(64)54(47(42-59)69-55)70-56-52(65)50(63)49(62)46(41-58)68-56/h11,13,17,19,37,39,44-47,49-56,58-60,62-66H,3-10,12,14-16,18,20-36,38,40-43H2,1-2H3,(H,57,61)/b13-11-,19-17-,39-37+. The second-order valence-corrected chi connectivity index (χ2v) is 20.1. The summed E-state index contributed by atoms with van der Waals surface area (Å²) < 4.78 is 22.7. The minimum atomic E-state index is -1.79. The zero-order valence-corrected chi connectivity index (χ0v) is 43.8. The van der Waals surface area contributed by atoms with E-state index in [-0.39, 0.29) is 18.9 Å². The largest absolute Gasteiger partial charge is 0.394 e. The van der Waals surface area contributed by atoms with Crippen molar-refractivity contribution in [2.24, 2.45) is 0 Å². The van der Waals surface area contributed by atoms with Gasteiger partial charge in [0.2, 0.25) is 5.91 Å². The molecule has 2 rings (SSSR count). The lowest BCUT2D eigenvalue weighted by atomic mass is 9.97. The van der Waals surface area contributed by atoms with Gasteiger partial charge >= 0.3 is 0 Å². The summed E-state index contributed by atoms with van der Waals surface area (Å²) in [5.41, 5.74) is 0. The van der Waals surface area contributed by atoms with E-state index >= 15 is 0 Å². The van der Waals surface area contributed by atoms with Gasteiger partial charge in [-0.3, -0.25) is 4.79 Å². The van der Waals surface area contributed by atoms with Crippen molar-refractivity contribution >= 4 is 5.91 Å². The topological polar surface area (TPSA) is 228 Å². The van der Waals surface area contributed by atoms with Crippen LogP contribution in [0.15, 0.2) is 36.5 Å². The third kappa shape index (κ3) is 28.6. The first-order valence-electron chi connectivity index (χ1n) is 28.2. The molecule has 0 bridgehead atoms. The van der Waals surface area contributed by atoms with Crippen LogP contribution in [0.3, 0.4) is 0 Å². The first-order valence-corrected chi connectivity index (χ1v) is 28.2. The SMILES string of the molecule is CCCCC/C=C\C/C=C\CCCCCCCCCCCC(=O)NC(COC1OC(CO)C(OC2OC(CO)C(O)C(O)C2O)C(O)C1O)C(O)/C=C/CCCCCCCCCCCCCCCCC. The van der Waals surface area contributed by atoms with Gasteiger partial charge in [-0.1, -0.05) is 198 Å². The van der Waals surface area contributed by atoms with E-state index in [1.807, 2.05) is 6.08 Å². The summed E-state index contributed by atoms with van der Waals surface area (Å²) in [6, 6.07) is -0.916. The molecule has 0 aromatic heterocycles. The third-order valence-corrected chi connectivity index (χ3v) is 13.8. The number of amides is 1. The van der Waals surface area contributed by atoms with Crippen molar-refractivity contribution < 1.29 is 64.6 Å². The maximum atomic E-state index is 13.2. The number of carbonyl (C=O) groups is 1. The van der Waals surface area contributed by atoms with E-state index in [1.54, 1.807) is 6.08 Å². The Balaban J connectivity index is 1.80. The molecule has 9 N–H and O–H groups in total. The quantitative estimate of drug-likeness (QED) is 0.0206. The highest BCUT2D eigenvalue weighted by molar-refractivity contribution is 5.76. The number of rotatable bonds is 44. The fraction of sp³-hybridized carbons (Fsp3) is 0.875. The highest BCUT2D eigenvalue weighted by Crippen LogP contribution is 2.30. The number of nitrogens with one attached hydrogen (secondary N) is 1. The molecule has 0 radical (unpaired) electrons. The van der Waals surface area contributed by atoms with E-state index in [0.29, 0.717) is 6.42 Å². The Morgan fingerprint density at radius 2 is 0.943 bits per heavy atom. The number of allylic oxidation sites excluding steroid dienone is 5. The van der Waals surface area contributed by atoms with Gasteiger partial charge in [-0.2, -0.15) is 0 Å². The molecule has 0 saturated carbocycles. The predicted molar refractivity (Wildman–Crippen MR) is 277 cm³/mol. The zero-order chi connectivity index (χ0) is 51.0. The molecule has 2 heterocycles. The normalized spacial score (nSPS) is 26.2. The molecule has 12 atom stereocenters. The molecule has 14 heteroatoms. The number of aliphatic hydroxyl groups excluding tert-OH is 8. The average molecular weight is 998 g/mol. The monoisotopic (exact) mass is 998 g/mol. The van der Waals surface area contributed by atoms with Gasteiger partial charge in [0.25, 0.3) is 0 Å². The molecule has 2 saturated heterocycles. The molecule has 2 fully saturated rings. The maximum absolute atomic E-state index is 13.2. The second-order valence-electron chi connectivity index (χ2n) is 20.1. The Morgan fingerprint density at radius 1 is 0.514 bits per heavy atom. The highest BCUT2D eigenvalue weighted by Gasteiger charge is 2.51. The van der Waals surface area contributed by atoms with Crippen molar-refractivity contribution in [2.45, 2.75) is 293 Å². The van der Waals surface area contributed by atoms with Gasteiger partial charge in [0.15, 0.2) is 12.6 Å². The Morgan fingerprint density at radius 3 is 1.46 bits per heavy atom. The van der Waals surface area contributed by atoms with Crippen molar-refractivity contribution in [3.63, 3.8) is 0 Å².